The summed E-state index contributed by atoms with van der Waals surface area (Å²) in [5, 5.41) is 12.2. The number of aromatic carboxylic acids is 1. The van der Waals surface area contributed by atoms with E-state index in [4.69, 9.17) is 5.11 Å². The van der Waals surface area contributed by atoms with Crippen LogP contribution in [0.25, 0.3) is 0 Å². The number of piperidine rings is 2. The van der Waals surface area contributed by atoms with Gasteiger partial charge in [0, 0.05) is 23.8 Å². The fourth-order valence-electron chi connectivity index (χ4n) is 3.75. The number of rotatable bonds is 3. The molecule has 0 amide bonds. The van der Waals surface area contributed by atoms with E-state index in [-0.39, 0.29) is 5.56 Å². The molecule has 2 heterocycles. The van der Waals surface area contributed by atoms with Crippen molar-refractivity contribution in [2.75, 3.05) is 12.4 Å². The van der Waals surface area contributed by atoms with Gasteiger partial charge in [-0.1, -0.05) is 6.42 Å². The van der Waals surface area contributed by atoms with Crippen molar-refractivity contribution < 1.29 is 14.3 Å². The summed E-state index contributed by atoms with van der Waals surface area (Å²) in [5.74, 6) is -1.91. The van der Waals surface area contributed by atoms with E-state index < -0.39 is 11.8 Å². The van der Waals surface area contributed by atoms with Gasteiger partial charge in [-0.2, -0.15) is 0 Å². The number of carbonyl (C=O) groups is 1. The van der Waals surface area contributed by atoms with Crippen LogP contribution < -0.4 is 5.32 Å². The molecule has 5 heteroatoms. The number of anilines is 1. The molecular formula is C16H21FN2O2. The fourth-order valence-corrected chi connectivity index (χ4v) is 3.75. The molecule has 2 fully saturated rings. The number of carboxylic acids is 1. The van der Waals surface area contributed by atoms with Gasteiger partial charge in [-0.05, 0) is 50.9 Å². The van der Waals surface area contributed by atoms with Crippen LogP contribution in [0.2, 0.25) is 0 Å². The summed E-state index contributed by atoms with van der Waals surface area (Å²) >= 11 is 0. The minimum atomic E-state index is -1.23. The van der Waals surface area contributed by atoms with Gasteiger partial charge in [0.1, 0.15) is 5.82 Å². The van der Waals surface area contributed by atoms with Crippen molar-refractivity contribution >= 4 is 11.7 Å². The van der Waals surface area contributed by atoms with Crippen molar-refractivity contribution in [1.82, 2.24) is 4.90 Å². The van der Waals surface area contributed by atoms with Gasteiger partial charge < -0.3 is 15.3 Å². The molecule has 2 saturated heterocycles. The van der Waals surface area contributed by atoms with Crippen LogP contribution in [0.1, 0.15) is 42.5 Å². The fraction of sp³-hybridized carbons (Fsp3) is 0.562. The van der Waals surface area contributed by atoms with Gasteiger partial charge in [0.25, 0.3) is 0 Å². The number of fused-ring (bicyclic) bond motifs is 2. The van der Waals surface area contributed by atoms with E-state index in [9.17, 15) is 9.18 Å². The van der Waals surface area contributed by atoms with Crippen LogP contribution in [0.4, 0.5) is 10.1 Å². The molecule has 3 rings (SSSR count). The molecular weight excluding hydrogens is 271 g/mol. The van der Waals surface area contributed by atoms with Crippen molar-refractivity contribution in [2.24, 2.45) is 0 Å². The molecule has 114 valence electrons. The number of nitrogens with zero attached hydrogens (tertiary/aromatic N) is 1. The van der Waals surface area contributed by atoms with Gasteiger partial charge >= 0.3 is 5.97 Å². The Hall–Kier alpha value is -1.62. The molecule has 2 unspecified atom stereocenters. The van der Waals surface area contributed by atoms with Crippen LogP contribution >= 0.6 is 0 Å². The molecule has 0 spiro atoms. The predicted molar refractivity (Wildman–Crippen MR) is 79.2 cm³/mol. The van der Waals surface area contributed by atoms with Crippen LogP contribution in [0, 0.1) is 5.82 Å². The topological polar surface area (TPSA) is 52.6 Å². The SMILES string of the molecule is CN1C2CCCC1CC(Nc1ccc(C(=O)O)c(F)c1)C2. The van der Waals surface area contributed by atoms with Gasteiger partial charge in [0.2, 0.25) is 0 Å². The van der Waals surface area contributed by atoms with E-state index in [1.807, 2.05) is 0 Å². The summed E-state index contributed by atoms with van der Waals surface area (Å²) in [6, 6.07) is 5.83. The van der Waals surface area contributed by atoms with Gasteiger partial charge in [0.05, 0.1) is 5.56 Å². The zero-order valence-electron chi connectivity index (χ0n) is 12.2. The average molecular weight is 292 g/mol. The molecule has 1 aromatic carbocycles. The summed E-state index contributed by atoms with van der Waals surface area (Å²) in [4.78, 5) is 13.3. The highest BCUT2D eigenvalue weighted by Gasteiger charge is 2.35. The Morgan fingerprint density at radius 2 is 2.00 bits per heavy atom. The number of nitrogens with one attached hydrogen (secondary N) is 1. The second-order valence-electron chi connectivity index (χ2n) is 6.22. The molecule has 0 saturated carbocycles. The Morgan fingerprint density at radius 3 is 2.57 bits per heavy atom. The Kier molecular flexibility index (Phi) is 3.85. The Morgan fingerprint density at radius 1 is 1.33 bits per heavy atom. The van der Waals surface area contributed by atoms with E-state index in [0.29, 0.717) is 23.8 Å². The summed E-state index contributed by atoms with van der Waals surface area (Å²) in [6.07, 6.45) is 5.90. The first-order valence-electron chi connectivity index (χ1n) is 7.56. The second-order valence-corrected chi connectivity index (χ2v) is 6.22. The Bertz CT molecular complexity index is 535. The maximum Gasteiger partial charge on any atom is 0.338 e. The van der Waals surface area contributed by atoms with E-state index >= 15 is 0 Å². The molecule has 21 heavy (non-hydrogen) atoms. The van der Waals surface area contributed by atoms with E-state index in [0.717, 1.165) is 12.8 Å². The van der Waals surface area contributed by atoms with Crippen LogP contribution in [-0.4, -0.2) is 41.1 Å². The number of carboxylic acid groups (broad SMARTS) is 1. The quantitative estimate of drug-likeness (QED) is 0.899. The lowest BCUT2D eigenvalue weighted by molar-refractivity contribution is 0.0608. The summed E-state index contributed by atoms with van der Waals surface area (Å²) in [7, 11) is 2.20. The van der Waals surface area contributed by atoms with Crippen molar-refractivity contribution in [1.29, 1.82) is 0 Å². The molecule has 0 aromatic heterocycles. The minimum absolute atomic E-state index is 0.277. The average Bonchev–Trinajstić information content (AvgIpc) is 2.39. The third-order valence-electron chi connectivity index (χ3n) is 4.91. The summed E-state index contributed by atoms with van der Waals surface area (Å²) in [6.45, 7) is 0. The highest BCUT2D eigenvalue weighted by Crippen LogP contribution is 2.34. The number of hydrogen-bond acceptors (Lipinski definition) is 3. The van der Waals surface area contributed by atoms with Crippen LogP contribution in [0.5, 0.6) is 0 Å². The lowest BCUT2D eigenvalue weighted by atomic mass is 9.82. The highest BCUT2D eigenvalue weighted by molar-refractivity contribution is 5.88. The molecule has 2 atom stereocenters. The first-order chi connectivity index (χ1) is 10.0. The first kappa shape index (κ1) is 14.3. The van der Waals surface area contributed by atoms with Crippen molar-refractivity contribution in [2.45, 2.75) is 50.2 Å². The monoisotopic (exact) mass is 292 g/mol. The lowest BCUT2D eigenvalue weighted by Gasteiger charge is -2.47. The van der Waals surface area contributed by atoms with E-state index in [2.05, 4.69) is 17.3 Å². The Balaban J connectivity index is 1.70. The van der Waals surface area contributed by atoms with Crippen LogP contribution in [0.3, 0.4) is 0 Å². The van der Waals surface area contributed by atoms with Crippen LogP contribution in [-0.2, 0) is 0 Å². The van der Waals surface area contributed by atoms with Crippen molar-refractivity contribution in [3.05, 3.63) is 29.6 Å². The second kappa shape index (κ2) is 5.64. The molecule has 1 aromatic rings. The number of halogens is 1. The van der Waals surface area contributed by atoms with Gasteiger partial charge in [0.15, 0.2) is 0 Å². The molecule has 2 aliphatic heterocycles. The standard InChI is InChI=1S/C16H21FN2O2/c1-19-12-3-2-4-13(19)8-11(7-12)18-10-5-6-14(16(20)21)15(17)9-10/h5-6,9,11-13,18H,2-4,7-8H2,1H3,(H,20,21). The summed E-state index contributed by atoms with van der Waals surface area (Å²) in [5.41, 5.74) is 0.394. The smallest absolute Gasteiger partial charge is 0.338 e. The molecule has 0 aliphatic carbocycles. The molecule has 4 nitrogen and oxygen atoms in total. The highest BCUT2D eigenvalue weighted by atomic mass is 19.1. The predicted octanol–water partition coefficient (Wildman–Crippen LogP) is 2.95. The molecule has 2 bridgehead atoms. The summed E-state index contributed by atoms with van der Waals surface area (Å²) < 4.78 is 13.7. The van der Waals surface area contributed by atoms with Gasteiger partial charge in [-0.15, -0.1) is 0 Å². The third kappa shape index (κ3) is 2.88. The van der Waals surface area contributed by atoms with E-state index in [1.54, 1.807) is 6.07 Å². The molecule has 2 N–H and O–H groups in total. The van der Waals surface area contributed by atoms with Crippen molar-refractivity contribution in [3.8, 4) is 0 Å². The minimum Gasteiger partial charge on any atom is -0.478 e. The third-order valence-corrected chi connectivity index (χ3v) is 4.91. The van der Waals surface area contributed by atoms with Gasteiger partial charge in [-0.3, -0.25) is 0 Å². The van der Waals surface area contributed by atoms with Crippen LogP contribution in [0.15, 0.2) is 18.2 Å². The Labute approximate surface area is 124 Å². The number of hydrogen-bond donors (Lipinski definition) is 2. The first-order valence-corrected chi connectivity index (χ1v) is 7.56. The normalized spacial score (nSPS) is 29.1. The van der Waals surface area contributed by atoms with Crippen molar-refractivity contribution in [3.63, 3.8) is 0 Å². The maximum atomic E-state index is 13.7. The zero-order valence-corrected chi connectivity index (χ0v) is 12.2. The lowest BCUT2D eigenvalue weighted by Crippen LogP contribution is -2.52. The number of benzene rings is 1. The zero-order chi connectivity index (χ0) is 15.0. The van der Waals surface area contributed by atoms with E-state index in [1.165, 1.54) is 31.4 Å². The molecule has 2 aliphatic rings. The molecule has 0 radical (unpaired) electrons. The largest absolute Gasteiger partial charge is 0.478 e. The van der Waals surface area contributed by atoms with Gasteiger partial charge in [-0.25, -0.2) is 9.18 Å². The maximum absolute atomic E-state index is 13.7.